The van der Waals surface area contributed by atoms with Gasteiger partial charge in [0, 0.05) is 22.6 Å². The monoisotopic (exact) mass is 368 g/mol. The normalized spacial score (nSPS) is 20.0. The van der Waals surface area contributed by atoms with Gasteiger partial charge in [0.2, 0.25) is 0 Å². The summed E-state index contributed by atoms with van der Waals surface area (Å²) in [5.41, 5.74) is 8.45. The Morgan fingerprint density at radius 1 is 1.41 bits per heavy atom. The van der Waals surface area contributed by atoms with E-state index in [0.717, 1.165) is 35.7 Å². The van der Waals surface area contributed by atoms with Gasteiger partial charge in [0.1, 0.15) is 0 Å². The Bertz CT molecular complexity index is 464. The van der Waals surface area contributed by atoms with Crippen molar-refractivity contribution in [1.82, 2.24) is 5.32 Å². The molecule has 0 aromatic heterocycles. The molecule has 1 saturated carbocycles. The van der Waals surface area contributed by atoms with E-state index in [-0.39, 0.29) is 11.6 Å². The molecule has 4 heteroatoms. The van der Waals surface area contributed by atoms with Crippen LogP contribution in [0.25, 0.3) is 0 Å². The summed E-state index contributed by atoms with van der Waals surface area (Å²) in [5, 5.41) is 13.7. The highest BCUT2D eigenvalue weighted by molar-refractivity contribution is 9.11. The van der Waals surface area contributed by atoms with Crippen LogP contribution in [-0.2, 0) is 0 Å². The van der Waals surface area contributed by atoms with E-state index in [1.54, 1.807) is 0 Å². The molecule has 1 aliphatic carbocycles. The van der Waals surface area contributed by atoms with E-state index in [0.29, 0.717) is 6.54 Å². The molecule has 22 heavy (non-hydrogen) atoms. The molecule has 0 amide bonds. The lowest BCUT2D eigenvalue weighted by molar-refractivity contribution is 0.134. The highest BCUT2D eigenvalue weighted by Crippen LogP contribution is 2.42. The molecule has 0 heterocycles. The minimum Gasteiger partial charge on any atom is -0.390 e. The van der Waals surface area contributed by atoms with Gasteiger partial charge in [-0.1, -0.05) is 45.8 Å². The molecule has 1 aliphatic rings. The Balaban J connectivity index is 2.45. The second-order valence-corrected chi connectivity index (χ2v) is 7.36. The summed E-state index contributed by atoms with van der Waals surface area (Å²) in [6, 6.07) is -0.207. The molecule has 0 radical (unpaired) electrons. The molecular formula is C18H29BrN2O. The van der Waals surface area contributed by atoms with E-state index in [2.05, 4.69) is 47.4 Å². The molecule has 0 saturated heterocycles. The van der Waals surface area contributed by atoms with E-state index >= 15 is 0 Å². The Hall–Kier alpha value is -0.680. The third-order valence-corrected chi connectivity index (χ3v) is 4.44. The number of rotatable bonds is 10. The van der Waals surface area contributed by atoms with Crippen molar-refractivity contribution in [2.75, 3.05) is 6.54 Å². The minimum absolute atomic E-state index is 0.0348. The predicted octanol–water partition coefficient (Wildman–Crippen LogP) is 3.56. The lowest BCUT2D eigenvalue weighted by atomic mass is 10.0. The van der Waals surface area contributed by atoms with Gasteiger partial charge in [-0.15, -0.1) is 6.58 Å². The topological polar surface area (TPSA) is 58.3 Å². The van der Waals surface area contributed by atoms with Crippen LogP contribution < -0.4 is 11.1 Å². The third-order valence-electron chi connectivity index (χ3n) is 4.18. The van der Waals surface area contributed by atoms with Gasteiger partial charge in [-0.05, 0) is 45.6 Å². The first-order valence-corrected chi connectivity index (χ1v) is 8.59. The molecule has 3 nitrogen and oxygen atoms in total. The highest BCUT2D eigenvalue weighted by Gasteiger charge is 2.43. The molecule has 0 spiro atoms. The number of aliphatic hydroxyl groups is 1. The summed E-state index contributed by atoms with van der Waals surface area (Å²) in [5.74, 6) is 0. The molecule has 0 bridgehead atoms. The van der Waals surface area contributed by atoms with Gasteiger partial charge in [-0.25, -0.2) is 0 Å². The zero-order valence-electron chi connectivity index (χ0n) is 13.7. The van der Waals surface area contributed by atoms with Gasteiger partial charge in [-0.3, -0.25) is 0 Å². The van der Waals surface area contributed by atoms with Gasteiger partial charge in [0.15, 0.2) is 0 Å². The number of nitrogens with one attached hydrogen (secondary N) is 1. The lowest BCUT2D eigenvalue weighted by Gasteiger charge is -2.24. The first kappa shape index (κ1) is 19.4. The standard InChI is InChI=1S/C18H29BrN2O/c1-13(2)8-9-16(20)17(22)12-21-18(10-11-18)14(3)6-5-7-15(4)19/h5-7,16-17,21-22H,1,4,8-12,20H2,2-3H3/b7-5-,14-6+. The van der Waals surface area contributed by atoms with Crippen LogP contribution in [0.5, 0.6) is 0 Å². The number of nitrogens with two attached hydrogens (primary N) is 1. The molecule has 0 aromatic rings. The van der Waals surface area contributed by atoms with Crippen molar-refractivity contribution >= 4 is 15.9 Å². The summed E-state index contributed by atoms with van der Waals surface area (Å²) in [4.78, 5) is 0. The molecule has 0 aliphatic heterocycles. The Morgan fingerprint density at radius 2 is 2.05 bits per heavy atom. The molecule has 0 aromatic carbocycles. The van der Waals surface area contributed by atoms with Crippen LogP contribution in [-0.4, -0.2) is 29.3 Å². The van der Waals surface area contributed by atoms with Crippen LogP contribution in [0.2, 0.25) is 0 Å². The van der Waals surface area contributed by atoms with Gasteiger partial charge in [0.05, 0.1) is 6.10 Å². The molecule has 4 N–H and O–H groups in total. The van der Waals surface area contributed by atoms with E-state index in [9.17, 15) is 5.11 Å². The largest absolute Gasteiger partial charge is 0.390 e. The summed E-state index contributed by atoms with van der Waals surface area (Å²) in [6.07, 6.45) is 9.32. The number of hydrogen-bond acceptors (Lipinski definition) is 3. The van der Waals surface area contributed by atoms with Crippen molar-refractivity contribution < 1.29 is 5.11 Å². The fraction of sp³-hybridized carbons (Fsp3) is 0.556. The Morgan fingerprint density at radius 3 is 2.55 bits per heavy atom. The smallest absolute Gasteiger partial charge is 0.0815 e. The number of aliphatic hydroxyl groups excluding tert-OH is 1. The van der Waals surface area contributed by atoms with Gasteiger partial charge < -0.3 is 16.2 Å². The second-order valence-electron chi connectivity index (χ2n) is 6.35. The highest BCUT2D eigenvalue weighted by atomic mass is 79.9. The average molecular weight is 369 g/mol. The van der Waals surface area contributed by atoms with Crippen molar-refractivity contribution in [3.05, 3.63) is 47.0 Å². The summed E-state index contributed by atoms with van der Waals surface area (Å²) >= 11 is 3.30. The van der Waals surface area contributed by atoms with E-state index in [4.69, 9.17) is 5.73 Å². The number of hydrogen-bond donors (Lipinski definition) is 3. The molecule has 2 atom stereocenters. The maximum absolute atomic E-state index is 10.2. The molecular weight excluding hydrogens is 340 g/mol. The first-order chi connectivity index (χ1) is 10.3. The number of allylic oxidation sites excluding steroid dienone is 5. The maximum atomic E-state index is 10.2. The van der Waals surface area contributed by atoms with Crippen molar-refractivity contribution in [1.29, 1.82) is 0 Å². The van der Waals surface area contributed by atoms with Crippen LogP contribution in [0, 0.1) is 0 Å². The lowest BCUT2D eigenvalue weighted by Crippen LogP contribution is -2.45. The van der Waals surface area contributed by atoms with E-state index in [1.165, 1.54) is 5.57 Å². The first-order valence-electron chi connectivity index (χ1n) is 7.80. The Labute approximate surface area is 143 Å². The summed E-state index contributed by atoms with van der Waals surface area (Å²) in [7, 11) is 0. The van der Waals surface area contributed by atoms with Crippen molar-refractivity contribution in [2.45, 2.75) is 57.2 Å². The van der Waals surface area contributed by atoms with E-state index in [1.807, 2.05) is 19.1 Å². The van der Waals surface area contributed by atoms with Gasteiger partial charge >= 0.3 is 0 Å². The minimum atomic E-state index is -0.525. The predicted molar refractivity (Wildman–Crippen MR) is 99.0 cm³/mol. The molecule has 1 rings (SSSR count). The van der Waals surface area contributed by atoms with E-state index < -0.39 is 6.10 Å². The summed E-state index contributed by atoms with van der Waals surface area (Å²) < 4.78 is 0.855. The van der Waals surface area contributed by atoms with Gasteiger partial charge in [0.25, 0.3) is 0 Å². The van der Waals surface area contributed by atoms with Crippen LogP contribution in [0.4, 0.5) is 0 Å². The number of β-amino-alcohol motifs (C(OH)–C–C–N with tert-alkyl or cyclic N) is 1. The maximum Gasteiger partial charge on any atom is 0.0815 e. The fourth-order valence-corrected chi connectivity index (χ4v) is 2.50. The van der Waals surface area contributed by atoms with Crippen molar-refractivity contribution in [2.24, 2.45) is 5.73 Å². The second kappa shape index (κ2) is 8.82. The van der Waals surface area contributed by atoms with Crippen molar-refractivity contribution in [3.8, 4) is 0 Å². The zero-order valence-corrected chi connectivity index (χ0v) is 15.3. The number of halogens is 1. The summed E-state index contributed by atoms with van der Waals surface area (Å²) in [6.45, 7) is 12.3. The van der Waals surface area contributed by atoms with Crippen LogP contribution >= 0.6 is 15.9 Å². The zero-order chi connectivity index (χ0) is 16.8. The molecule has 124 valence electrons. The Kier molecular flexibility index (Phi) is 7.77. The van der Waals surface area contributed by atoms with Crippen LogP contribution in [0.15, 0.2) is 47.0 Å². The fourth-order valence-electron chi connectivity index (χ4n) is 2.35. The average Bonchev–Trinajstić information content (AvgIpc) is 3.22. The van der Waals surface area contributed by atoms with Gasteiger partial charge in [-0.2, -0.15) is 0 Å². The van der Waals surface area contributed by atoms with Crippen LogP contribution in [0.3, 0.4) is 0 Å². The molecule has 2 unspecified atom stereocenters. The molecule has 1 fully saturated rings. The van der Waals surface area contributed by atoms with Crippen molar-refractivity contribution in [3.63, 3.8) is 0 Å². The van der Waals surface area contributed by atoms with Crippen LogP contribution in [0.1, 0.15) is 39.5 Å². The third kappa shape index (κ3) is 6.61. The quantitative estimate of drug-likeness (QED) is 0.408. The SMILES string of the molecule is C=C(Br)/C=C\C=C(/C)C1(NCC(O)C(N)CCC(=C)C)CC1.